The van der Waals surface area contributed by atoms with E-state index in [1.807, 2.05) is 7.11 Å². The third-order valence-corrected chi connectivity index (χ3v) is 6.60. The van der Waals surface area contributed by atoms with Crippen molar-refractivity contribution in [2.45, 2.75) is 77.6 Å². The van der Waals surface area contributed by atoms with Gasteiger partial charge in [0.05, 0.1) is 6.10 Å². The summed E-state index contributed by atoms with van der Waals surface area (Å²) in [5, 5.41) is 0. The largest absolute Gasteiger partial charge is 0.381 e. The van der Waals surface area contributed by atoms with Crippen molar-refractivity contribution in [3.63, 3.8) is 0 Å². The topological polar surface area (TPSA) is 15.7 Å². The van der Waals surface area contributed by atoms with Crippen molar-refractivity contribution in [2.24, 2.45) is 11.3 Å². The molecule has 0 spiro atoms. The first-order valence-corrected chi connectivity index (χ1v) is 8.97. The lowest BCUT2D eigenvalue weighted by Crippen LogP contribution is -2.70. The highest BCUT2D eigenvalue weighted by atomic mass is 16.5. The molecule has 1 aliphatic carbocycles. The van der Waals surface area contributed by atoms with Gasteiger partial charge in [-0.2, -0.15) is 0 Å². The molecule has 0 aromatic heterocycles. The molecular formula is C18H34N2O. The van der Waals surface area contributed by atoms with Gasteiger partial charge in [-0.3, -0.25) is 9.80 Å². The summed E-state index contributed by atoms with van der Waals surface area (Å²) in [6.45, 7) is 13.5. The smallest absolute Gasteiger partial charge is 0.0652 e. The van der Waals surface area contributed by atoms with Crippen molar-refractivity contribution in [1.82, 2.24) is 9.80 Å². The maximum absolute atomic E-state index is 5.69. The predicted octanol–water partition coefficient (Wildman–Crippen LogP) is 2.99. The predicted molar refractivity (Wildman–Crippen MR) is 87.5 cm³/mol. The zero-order valence-corrected chi connectivity index (χ0v) is 14.6. The molecule has 21 heavy (non-hydrogen) atoms. The van der Waals surface area contributed by atoms with E-state index >= 15 is 0 Å². The Balaban J connectivity index is 1.76. The second kappa shape index (κ2) is 5.82. The van der Waals surface area contributed by atoms with Crippen LogP contribution in [0.1, 0.15) is 53.4 Å². The number of nitrogens with zero attached hydrogens (tertiary/aromatic N) is 2. The minimum absolute atomic E-state index is 0.304. The van der Waals surface area contributed by atoms with Crippen LogP contribution in [0.15, 0.2) is 0 Å². The van der Waals surface area contributed by atoms with E-state index in [9.17, 15) is 0 Å². The van der Waals surface area contributed by atoms with E-state index in [1.54, 1.807) is 0 Å². The summed E-state index contributed by atoms with van der Waals surface area (Å²) in [6, 6.07) is 2.24. The molecular weight excluding hydrogens is 260 g/mol. The molecule has 3 rings (SSSR count). The molecule has 122 valence electrons. The molecule has 4 atom stereocenters. The quantitative estimate of drug-likeness (QED) is 0.796. The molecule has 0 aromatic carbocycles. The Morgan fingerprint density at radius 1 is 1.14 bits per heavy atom. The number of methoxy groups -OCH3 is 1. The standard InChI is InChI=1S/C18H34N2O/c1-13(2)15-12-19-9-7-6-8-14(19)11-20(15)16-10-17(21-5)18(16,3)4/h13-17H,6-12H2,1-5H3. The van der Waals surface area contributed by atoms with Crippen LogP contribution in [-0.2, 0) is 4.74 Å². The van der Waals surface area contributed by atoms with Crippen molar-refractivity contribution in [3.8, 4) is 0 Å². The van der Waals surface area contributed by atoms with Crippen LogP contribution in [0.4, 0.5) is 0 Å². The van der Waals surface area contributed by atoms with Gasteiger partial charge in [0.1, 0.15) is 0 Å². The summed E-state index contributed by atoms with van der Waals surface area (Å²) in [5.74, 6) is 0.741. The Labute approximate surface area is 131 Å². The SMILES string of the molecule is COC1CC(N2CC3CCCCN3CC2C(C)C)C1(C)C. The Morgan fingerprint density at radius 3 is 2.52 bits per heavy atom. The van der Waals surface area contributed by atoms with Crippen LogP contribution in [0.25, 0.3) is 0 Å². The molecule has 1 saturated carbocycles. The summed E-state index contributed by atoms with van der Waals surface area (Å²) in [7, 11) is 1.88. The van der Waals surface area contributed by atoms with Crippen LogP contribution in [0, 0.1) is 11.3 Å². The van der Waals surface area contributed by atoms with E-state index in [1.165, 1.54) is 45.3 Å². The minimum Gasteiger partial charge on any atom is -0.381 e. The van der Waals surface area contributed by atoms with Gasteiger partial charge < -0.3 is 4.74 Å². The number of piperidine rings is 1. The molecule has 2 heterocycles. The highest BCUT2D eigenvalue weighted by Gasteiger charge is 2.54. The lowest BCUT2D eigenvalue weighted by molar-refractivity contribution is -0.168. The Bertz CT molecular complexity index is 366. The van der Waals surface area contributed by atoms with E-state index in [0.717, 1.165) is 18.0 Å². The lowest BCUT2D eigenvalue weighted by atomic mass is 9.63. The van der Waals surface area contributed by atoms with E-state index in [0.29, 0.717) is 17.6 Å². The fourth-order valence-corrected chi connectivity index (χ4v) is 5.01. The second-order valence-electron chi connectivity index (χ2n) is 8.45. The number of rotatable bonds is 3. The van der Waals surface area contributed by atoms with Gasteiger partial charge in [0.15, 0.2) is 0 Å². The Morgan fingerprint density at radius 2 is 1.90 bits per heavy atom. The summed E-state index contributed by atoms with van der Waals surface area (Å²) in [6.07, 6.45) is 5.90. The van der Waals surface area contributed by atoms with Gasteiger partial charge in [-0.15, -0.1) is 0 Å². The van der Waals surface area contributed by atoms with E-state index in [-0.39, 0.29) is 0 Å². The lowest BCUT2D eigenvalue weighted by Gasteiger charge is -2.61. The van der Waals surface area contributed by atoms with E-state index in [4.69, 9.17) is 4.74 Å². The van der Waals surface area contributed by atoms with Gasteiger partial charge in [0.25, 0.3) is 0 Å². The number of fused-ring (bicyclic) bond motifs is 1. The van der Waals surface area contributed by atoms with Crippen LogP contribution >= 0.6 is 0 Å². The van der Waals surface area contributed by atoms with E-state index < -0.39 is 0 Å². The maximum Gasteiger partial charge on any atom is 0.0652 e. The molecule has 2 aliphatic heterocycles. The van der Waals surface area contributed by atoms with Crippen molar-refractivity contribution in [3.05, 3.63) is 0 Å². The highest BCUT2D eigenvalue weighted by molar-refractivity contribution is 5.07. The first-order chi connectivity index (χ1) is 9.95. The molecule has 2 saturated heterocycles. The normalized spacial score (nSPS) is 40.9. The Hall–Kier alpha value is -0.120. The number of hydrogen-bond donors (Lipinski definition) is 0. The van der Waals surface area contributed by atoms with Crippen LogP contribution in [0.3, 0.4) is 0 Å². The van der Waals surface area contributed by atoms with Gasteiger partial charge in [-0.25, -0.2) is 0 Å². The first-order valence-electron chi connectivity index (χ1n) is 8.97. The van der Waals surface area contributed by atoms with Crippen LogP contribution in [-0.4, -0.2) is 60.8 Å². The maximum atomic E-state index is 5.69. The average molecular weight is 294 g/mol. The number of piperazine rings is 1. The van der Waals surface area contributed by atoms with Crippen molar-refractivity contribution in [2.75, 3.05) is 26.7 Å². The van der Waals surface area contributed by atoms with Gasteiger partial charge in [0.2, 0.25) is 0 Å². The summed E-state index contributed by atoms with van der Waals surface area (Å²) >= 11 is 0. The van der Waals surface area contributed by atoms with Crippen LogP contribution in [0.2, 0.25) is 0 Å². The summed E-state index contributed by atoms with van der Waals surface area (Å²) in [4.78, 5) is 5.65. The fourth-order valence-electron chi connectivity index (χ4n) is 5.01. The molecule has 4 unspecified atom stereocenters. The Kier molecular flexibility index (Phi) is 4.37. The third kappa shape index (κ3) is 2.66. The van der Waals surface area contributed by atoms with E-state index in [2.05, 4.69) is 37.5 Å². The zero-order chi connectivity index (χ0) is 15.2. The van der Waals surface area contributed by atoms with Gasteiger partial charge in [0, 0.05) is 43.7 Å². The fraction of sp³-hybridized carbons (Fsp3) is 1.00. The summed E-state index contributed by atoms with van der Waals surface area (Å²) in [5.41, 5.74) is 0.304. The minimum atomic E-state index is 0.304. The zero-order valence-electron chi connectivity index (χ0n) is 14.6. The molecule has 3 aliphatic rings. The molecule has 0 radical (unpaired) electrons. The summed E-state index contributed by atoms with van der Waals surface area (Å²) < 4.78 is 5.69. The van der Waals surface area contributed by atoms with Gasteiger partial charge in [-0.1, -0.05) is 34.1 Å². The second-order valence-corrected chi connectivity index (χ2v) is 8.45. The number of hydrogen-bond acceptors (Lipinski definition) is 3. The number of ether oxygens (including phenoxy) is 1. The van der Waals surface area contributed by atoms with Crippen molar-refractivity contribution in [1.29, 1.82) is 0 Å². The molecule has 0 aromatic rings. The monoisotopic (exact) mass is 294 g/mol. The highest BCUT2D eigenvalue weighted by Crippen LogP contribution is 2.47. The molecule has 3 fully saturated rings. The molecule has 3 heteroatoms. The molecule has 0 bridgehead atoms. The molecule has 3 nitrogen and oxygen atoms in total. The van der Waals surface area contributed by atoms with Gasteiger partial charge in [-0.05, 0) is 31.7 Å². The average Bonchev–Trinajstić information content (AvgIpc) is 2.45. The van der Waals surface area contributed by atoms with Crippen LogP contribution < -0.4 is 0 Å². The van der Waals surface area contributed by atoms with Gasteiger partial charge >= 0.3 is 0 Å². The third-order valence-electron chi connectivity index (χ3n) is 6.60. The molecule has 0 amide bonds. The van der Waals surface area contributed by atoms with Crippen molar-refractivity contribution < 1.29 is 4.74 Å². The molecule has 0 N–H and O–H groups in total. The van der Waals surface area contributed by atoms with Crippen LogP contribution in [0.5, 0.6) is 0 Å². The van der Waals surface area contributed by atoms with Crippen molar-refractivity contribution >= 4 is 0 Å². The first kappa shape index (κ1) is 15.8.